The third-order valence-electron chi connectivity index (χ3n) is 5.74. The lowest BCUT2D eigenvalue weighted by molar-refractivity contribution is 0.477. The van der Waals surface area contributed by atoms with E-state index in [1.165, 1.54) is 35.1 Å². The van der Waals surface area contributed by atoms with Crippen LogP contribution in [-0.2, 0) is 6.42 Å². The van der Waals surface area contributed by atoms with E-state index in [1.54, 1.807) is 11.1 Å². The van der Waals surface area contributed by atoms with Crippen LogP contribution in [0.3, 0.4) is 0 Å². The molecule has 1 aliphatic heterocycles. The summed E-state index contributed by atoms with van der Waals surface area (Å²) in [6.07, 6.45) is 5.02. The number of nitrogens with one attached hydrogen (secondary N) is 1. The van der Waals surface area contributed by atoms with Crippen molar-refractivity contribution in [2.45, 2.75) is 50.6 Å². The number of hydrogen-bond donors (Lipinski definition) is 1. The van der Waals surface area contributed by atoms with Crippen molar-refractivity contribution in [1.82, 2.24) is 5.32 Å². The molecule has 0 radical (unpaired) electrons. The van der Waals surface area contributed by atoms with Crippen LogP contribution in [0.5, 0.6) is 0 Å². The molecule has 1 N–H and O–H groups in total. The highest BCUT2D eigenvalue weighted by atomic mass is 15.0. The molecule has 1 saturated carbocycles. The zero-order valence-electron chi connectivity index (χ0n) is 13.7. The molecule has 116 valence electrons. The van der Waals surface area contributed by atoms with Crippen LogP contribution in [0, 0.1) is 0 Å². The summed E-state index contributed by atoms with van der Waals surface area (Å²) in [5, 5.41) is 3.85. The average molecular weight is 301 g/mol. The second-order valence-corrected chi connectivity index (χ2v) is 7.48. The third kappa shape index (κ3) is 2.26. The van der Waals surface area contributed by atoms with Crippen molar-refractivity contribution in [3.8, 4) is 0 Å². The van der Waals surface area contributed by atoms with Gasteiger partial charge in [-0.15, -0.1) is 0 Å². The summed E-state index contributed by atoms with van der Waals surface area (Å²) >= 11 is 0. The molecule has 2 aromatic rings. The van der Waals surface area contributed by atoms with Crippen molar-refractivity contribution < 1.29 is 0 Å². The van der Waals surface area contributed by atoms with Gasteiger partial charge in [0.15, 0.2) is 0 Å². The molecule has 0 bridgehead atoms. The minimum absolute atomic E-state index is 0.384. The van der Waals surface area contributed by atoms with Gasteiger partial charge in [0, 0.05) is 6.04 Å². The summed E-state index contributed by atoms with van der Waals surface area (Å²) in [4.78, 5) is 0. The van der Waals surface area contributed by atoms with Gasteiger partial charge in [-0.05, 0) is 71.9 Å². The first-order valence-corrected chi connectivity index (χ1v) is 8.95. The zero-order valence-corrected chi connectivity index (χ0v) is 13.7. The Hall–Kier alpha value is -1.86. The maximum absolute atomic E-state index is 3.85. The third-order valence-corrected chi connectivity index (χ3v) is 5.74. The molecule has 2 aliphatic carbocycles. The first kappa shape index (κ1) is 13.6. The molecule has 1 fully saturated rings. The van der Waals surface area contributed by atoms with Crippen molar-refractivity contribution in [2.24, 2.45) is 0 Å². The summed E-state index contributed by atoms with van der Waals surface area (Å²) in [6.45, 7) is 2.32. The minimum atomic E-state index is 0.384. The minimum Gasteiger partial charge on any atom is -0.304 e. The topological polar surface area (TPSA) is 12.0 Å². The van der Waals surface area contributed by atoms with E-state index in [0.717, 1.165) is 18.8 Å². The molecule has 3 aliphatic rings. The highest BCUT2D eigenvalue weighted by Gasteiger charge is 2.33. The fraction of sp³-hybridized carbons (Fsp3) is 0.364. The normalized spacial score (nSPS) is 26.1. The quantitative estimate of drug-likeness (QED) is 0.823. The van der Waals surface area contributed by atoms with E-state index >= 15 is 0 Å². The molecule has 0 unspecified atom stereocenters. The summed E-state index contributed by atoms with van der Waals surface area (Å²) in [5.74, 6) is 0.841. The van der Waals surface area contributed by atoms with Crippen molar-refractivity contribution in [2.75, 3.05) is 0 Å². The van der Waals surface area contributed by atoms with Crippen LogP contribution in [0.1, 0.15) is 60.4 Å². The van der Waals surface area contributed by atoms with Gasteiger partial charge in [0.1, 0.15) is 0 Å². The lowest BCUT2D eigenvalue weighted by atomic mass is 9.87. The molecular weight excluding hydrogens is 278 g/mol. The maximum Gasteiger partial charge on any atom is 0.0547 e. The lowest BCUT2D eigenvalue weighted by Crippen LogP contribution is -2.35. The van der Waals surface area contributed by atoms with Crippen LogP contribution in [0.15, 0.2) is 54.1 Å². The molecule has 1 heteroatoms. The molecule has 1 heterocycles. The second-order valence-electron chi connectivity index (χ2n) is 7.48. The Bertz CT molecular complexity index is 780. The van der Waals surface area contributed by atoms with Gasteiger partial charge in [-0.3, -0.25) is 0 Å². The average Bonchev–Trinajstić information content (AvgIpc) is 3.36. The monoisotopic (exact) mass is 301 g/mol. The number of rotatable bonds is 2. The van der Waals surface area contributed by atoms with Gasteiger partial charge in [-0.25, -0.2) is 0 Å². The lowest BCUT2D eigenvalue weighted by Gasteiger charge is -2.32. The van der Waals surface area contributed by atoms with Gasteiger partial charge >= 0.3 is 0 Å². The van der Waals surface area contributed by atoms with Crippen LogP contribution in [0.4, 0.5) is 0 Å². The Labute approximate surface area is 138 Å². The van der Waals surface area contributed by atoms with Gasteiger partial charge in [0.2, 0.25) is 0 Å². The molecule has 2 atom stereocenters. The Morgan fingerprint density at radius 3 is 2.43 bits per heavy atom. The van der Waals surface area contributed by atoms with Gasteiger partial charge in [0.25, 0.3) is 0 Å². The Balaban J connectivity index is 1.53. The van der Waals surface area contributed by atoms with E-state index in [-0.39, 0.29) is 0 Å². The SMILES string of the molecule is C[C@H]1CC2=C(Cc3ccccc32)[C@H](c2ccc(C3CC3)cc2)N1. The predicted octanol–water partition coefficient (Wildman–Crippen LogP) is 5.00. The van der Waals surface area contributed by atoms with Crippen LogP contribution in [-0.4, -0.2) is 6.04 Å². The van der Waals surface area contributed by atoms with Crippen LogP contribution in [0.2, 0.25) is 0 Å². The number of hydrogen-bond acceptors (Lipinski definition) is 1. The predicted molar refractivity (Wildman–Crippen MR) is 95.4 cm³/mol. The molecule has 1 nitrogen and oxygen atoms in total. The fourth-order valence-corrected chi connectivity index (χ4v) is 4.40. The van der Waals surface area contributed by atoms with Gasteiger partial charge in [0.05, 0.1) is 6.04 Å². The maximum atomic E-state index is 3.85. The number of benzene rings is 2. The van der Waals surface area contributed by atoms with Gasteiger partial charge < -0.3 is 5.32 Å². The first-order chi connectivity index (χ1) is 11.3. The van der Waals surface area contributed by atoms with Crippen LogP contribution in [0.25, 0.3) is 5.57 Å². The van der Waals surface area contributed by atoms with Crippen molar-refractivity contribution in [3.63, 3.8) is 0 Å². The van der Waals surface area contributed by atoms with E-state index in [1.807, 2.05) is 0 Å². The smallest absolute Gasteiger partial charge is 0.0547 e. The highest BCUT2D eigenvalue weighted by molar-refractivity contribution is 5.78. The van der Waals surface area contributed by atoms with Crippen LogP contribution >= 0.6 is 0 Å². The standard InChI is InChI=1S/C22H23N/c1-14-12-20-19-5-3-2-4-18(19)13-21(20)22(23-14)17-10-8-16(9-11-17)15-6-7-15/h2-5,8-11,14-15,22-23H,6-7,12-13H2,1H3/t14-,22-/m0/s1. The zero-order chi connectivity index (χ0) is 15.4. The Morgan fingerprint density at radius 1 is 0.913 bits per heavy atom. The molecule has 5 rings (SSSR count). The molecule has 0 saturated heterocycles. The largest absolute Gasteiger partial charge is 0.304 e. The van der Waals surface area contributed by atoms with Crippen molar-refractivity contribution >= 4 is 5.57 Å². The van der Waals surface area contributed by atoms with E-state index in [4.69, 9.17) is 0 Å². The van der Waals surface area contributed by atoms with Crippen LogP contribution < -0.4 is 5.32 Å². The van der Waals surface area contributed by atoms with E-state index < -0.39 is 0 Å². The van der Waals surface area contributed by atoms with E-state index in [2.05, 4.69) is 60.8 Å². The molecule has 0 amide bonds. The summed E-state index contributed by atoms with van der Waals surface area (Å²) in [5.41, 5.74) is 9.16. The second kappa shape index (κ2) is 5.07. The molecular formula is C22H23N. The molecule has 0 spiro atoms. The first-order valence-electron chi connectivity index (χ1n) is 8.95. The molecule has 0 aromatic heterocycles. The summed E-state index contributed by atoms with van der Waals surface area (Å²) in [7, 11) is 0. The molecule has 2 aromatic carbocycles. The van der Waals surface area contributed by atoms with E-state index in [0.29, 0.717) is 12.1 Å². The summed E-state index contributed by atoms with van der Waals surface area (Å²) in [6, 6.07) is 19.3. The van der Waals surface area contributed by atoms with Crippen molar-refractivity contribution in [1.29, 1.82) is 0 Å². The van der Waals surface area contributed by atoms with Gasteiger partial charge in [-0.1, -0.05) is 48.5 Å². The fourth-order valence-electron chi connectivity index (χ4n) is 4.40. The van der Waals surface area contributed by atoms with Gasteiger partial charge in [-0.2, -0.15) is 0 Å². The summed E-state index contributed by atoms with van der Waals surface area (Å²) < 4.78 is 0. The Morgan fingerprint density at radius 2 is 1.65 bits per heavy atom. The highest BCUT2D eigenvalue weighted by Crippen LogP contribution is 2.45. The van der Waals surface area contributed by atoms with E-state index in [9.17, 15) is 0 Å². The van der Waals surface area contributed by atoms with Crippen molar-refractivity contribution in [3.05, 3.63) is 76.4 Å². The molecule has 23 heavy (non-hydrogen) atoms. The Kier molecular flexibility index (Phi) is 2.99. The number of fused-ring (bicyclic) bond motifs is 2.